The molecular weight excluding hydrogens is 174 g/mol. The molecule has 0 amide bonds. The molecule has 0 spiro atoms. The van der Waals surface area contributed by atoms with E-state index in [2.05, 4.69) is 0 Å². The Bertz CT molecular complexity index is 162. The van der Waals surface area contributed by atoms with Gasteiger partial charge in [0.25, 0.3) is 0 Å². The van der Waals surface area contributed by atoms with Crippen LogP contribution in [0.2, 0.25) is 0 Å². The van der Waals surface area contributed by atoms with Crippen LogP contribution in [0.25, 0.3) is 0 Å². The van der Waals surface area contributed by atoms with Crippen LogP contribution >= 0.6 is 0 Å². The zero-order valence-corrected chi connectivity index (χ0v) is 9.08. The van der Waals surface area contributed by atoms with E-state index in [1.807, 2.05) is 0 Å². The fraction of sp³-hybridized carbons (Fsp3) is 1.00. The molecule has 2 rings (SSSR count). The first-order chi connectivity index (χ1) is 6.86. The molecule has 2 unspecified atom stereocenters. The molecule has 1 aliphatic carbocycles. The highest BCUT2D eigenvalue weighted by molar-refractivity contribution is 4.80. The van der Waals surface area contributed by atoms with Gasteiger partial charge in [0, 0.05) is 12.6 Å². The molecule has 1 heterocycles. The van der Waals surface area contributed by atoms with Crippen LogP contribution in [0.3, 0.4) is 0 Å². The summed E-state index contributed by atoms with van der Waals surface area (Å²) in [6, 6.07) is 0.477. The minimum atomic E-state index is 0.477. The molecule has 0 bridgehead atoms. The van der Waals surface area contributed by atoms with Crippen molar-refractivity contribution in [3.8, 4) is 0 Å². The van der Waals surface area contributed by atoms with Crippen molar-refractivity contribution in [1.29, 1.82) is 0 Å². The second kappa shape index (κ2) is 5.13. The lowest BCUT2D eigenvalue weighted by Gasteiger charge is -2.31. The summed E-state index contributed by atoms with van der Waals surface area (Å²) in [6.07, 6.45) is 11.0. The van der Waals surface area contributed by atoms with Gasteiger partial charge in [-0.25, -0.2) is 0 Å². The highest BCUT2D eigenvalue weighted by Crippen LogP contribution is 2.30. The van der Waals surface area contributed by atoms with E-state index in [1.54, 1.807) is 0 Å². The quantitative estimate of drug-likeness (QED) is 0.735. The average molecular weight is 197 g/mol. The summed E-state index contributed by atoms with van der Waals surface area (Å²) in [7, 11) is 0. The zero-order chi connectivity index (χ0) is 9.80. The van der Waals surface area contributed by atoms with Crippen LogP contribution < -0.4 is 5.73 Å². The van der Waals surface area contributed by atoms with Crippen LogP contribution in [-0.4, -0.2) is 18.8 Å². The fourth-order valence-electron chi connectivity index (χ4n) is 2.56. The lowest BCUT2D eigenvalue weighted by Crippen LogP contribution is -2.34. The minimum absolute atomic E-state index is 0.477. The third-order valence-corrected chi connectivity index (χ3v) is 3.84. The molecule has 14 heavy (non-hydrogen) atoms. The van der Waals surface area contributed by atoms with E-state index in [1.165, 1.54) is 51.4 Å². The normalized spacial score (nSPS) is 30.2. The Balaban J connectivity index is 1.52. The first-order valence-corrected chi connectivity index (χ1v) is 6.23. The molecule has 0 aromatic carbocycles. The van der Waals surface area contributed by atoms with Crippen LogP contribution in [0.5, 0.6) is 0 Å². The van der Waals surface area contributed by atoms with Gasteiger partial charge in [-0.1, -0.05) is 6.42 Å². The van der Waals surface area contributed by atoms with E-state index in [9.17, 15) is 0 Å². The molecule has 2 nitrogen and oxygen atoms in total. The van der Waals surface area contributed by atoms with Crippen molar-refractivity contribution in [2.24, 2.45) is 11.7 Å². The molecule has 2 aliphatic rings. The minimum Gasteiger partial charge on any atom is -0.378 e. The van der Waals surface area contributed by atoms with Gasteiger partial charge in [0.1, 0.15) is 0 Å². The third kappa shape index (κ3) is 2.71. The number of ether oxygens (including phenoxy) is 1. The molecule has 82 valence electrons. The van der Waals surface area contributed by atoms with Crippen molar-refractivity contribution < 1.29 is 4.74 Å². The summed E-state index contributed by atoms with van der Waals surface area (Å²) in [4.78, 5) is 0. The lowest BCUT2D eigenvalue weighted by atomic mass is 9.78. The molecule has 2 fully saturated rings. The van der Waals surface area contributed by atoms with Crippen molar-refractivity contribution in [2.45, 2.75) is 63.5 Å². The summed E-state index contributed by atoms with van der Waals surface area (Å²) >= 11 is 0. The van der Waals surface area contributed by atoms with Crippen LogP contribution in [0.4, 0.5) is 0 Å². The van der Waals surface area contributed by atoms with E-state index in [0.29, 0.717) is 12.1 Å². The Kier molecular flexibility index (Phi) is 3.82. The van der Waals surface area contributed by atoms with E-state index < -0.39 is 0 Å². The van der Waals surface area contributed by atoms with Gasteiger partial charge in [0.05, 0.1) is 6.10 Å². The Morgan fingerprint density at radius 2 is 2.07 bits per heavy atom. The van der Waals surface area contributed by atoms with Crippen molar-refractivity contribution in [3.63, 3.8) is 0 Å². The van der Waals surface area contributed by atoms with Crippen molar-refractivity contribution in [2.75, 3.05) is 6.61 Å². The average Bonchev–Trinajstić information content (AvgIpc) is 2.53. The maximum atomic E-state index is 6.12. The molecule has 2 heteroatoms. The molecule has 0 radical (unpaired) electrons. The first kappa shape index (κ1) is 10.4. The number of rotatable bonds is 5. The monoisotopic (exact) mass is 197 g/mol. The van der Waals surface area contributed by atoms with E-state index >= 15 is 0 Å². The molecule has 0 aromatic heterocycles. The maximum Gasteiger partial charge on any atom is 0.0576 e. The van der Waals surface area contributed by atoms with Gasteiger partial charge in [-0.05, 0) is 50.9 Å². The molecule has 1 saturated heterocycles. The largest absolute Gasteiger partial charge is 0.378 e. The molecule has 1 saturated carbocycles. The van der Waals surface area contributed by atoms with Crippen LogP contribution in [-0.2, 0) is 4.74 Å². The Morgan fingerprint density at radius 1 is 1.21 bits per heavy atom. The van der Waals surface area contributed by atoms with Crippen molar-refractivity contribution in [3.05, 3.63) is 0 Å². The van der Waals surface area contributed by atoms with Gasteiger partial charge in [-0.3, -0.25) is 0 Å². The molecule has 2 N–H and O–H groups in total. The molecule has 2 atom stereocenters. The van der Waals surface area contributed by atoms with Crippen LogP contribution in [0.15, 0.2) is 0 Å². The predicted octanol–water partition coefficient (Wildman–Crippen LogP) is 2.46. The summed E-state index contributed by atoms with van der Waals surface area (Å²) in [5.41, 5.74) is 6.12. The second-order valence-corrected chi connectivity index (χ2v) is 4.92. The predicted molar refractivity (Wildman–Crippen MR) is 58.1 cm³/mol. The van der Waals surface area contributed by atoms with E-state index in [0.717, 1.165) is 12.5 Å². The van der Waals surface area contributed by atoms with Gasteiger partial charge >= 0.3 is 0 Å². The standard InChI is InChI=1S/C12H23NO/c13-12(10-4-1-5-10)8-2-6-11-7-3-9-14-11/h10-12H,1-9,13H2. The second-order valence-electron chi connectivity index (χ2n) is 4.92. The maximum absolute atomic E-state index is 6.12. The number of nitrogens with two attached hydrogens (primary N) is 1. The highest BCUT2D eigenvalue weighted by atomic mass is 16.5. The molecule has 0 aromatic rings. The lowest BCUT2D eigenvalue weighted by molar-refractivity contribution is 0.100. The van der Waals surface area contributed by atoms with Gasteiger partial charge in [0.15, 0.2) is 0 Å². The van der Waals surface area contributed by atoms with E-state index in [-0.39, 0.29) is 0 Å². The summed E-state index contributed by atoms with van der Waals surface area (Å²) in [5, 5.41) is 0. The van der Waals surface area contributed by atoms with Crippen molar-refractivity contribution >= 4 is 0 Å². The summed E-state index contributed by atoms with van der Waals surface area (Å²) in [5.74, 6) is 0.847. The molecular formula is C12H23NO. The van der Waals surface area contributed by atoms with Gasteiger partial charge in [-0.2, -0.15) is 0 Å². The Hall–Kier alpha value is -0.0800. The smallest absolute Gasteiger partial charge is 0.0576 e. The first-order valence-electron chi connectivity index (χ1n) is 6.23. The SMILES string of the molecule is NC(CCCC1CCCO1)C1CCC1. The summed E-state index contributed by atoms with van der Waals surface area (Å²) < 4.78 is 5.59. The van der Waals surface area contributed by atoms with Gasteiger partial charge < -0.3 is 10.5 Å². The Labute approximate surface area is 87.2 Å². The summed E-state index contributed by atoms with van der Waals surface area (Å²) in [6.45, 7) is 0.985. The van der Waals surface area contributed by atoms with Gasteiger partial charge in [-0.15, -0.1) is 0 Å². The van der Waals surface area contributed by atoms with Crippen molar-refractivity contribution in [1.82, 2.24) is 0 Å². The third-order valence-electron chi connectivity index (χ3n) is 3.84. The van der Waals surface area contributed by atoms with Crippen LogP contribution in [0, 0.1) is 5.92 Å². The topological polar surface area (TPSA) is 35.2 Å². The Morgan fingerprint density at radius 3 is 2.64 bits per heavy atom. The fourth-order valence-corrected chi connectivity index (χ4v) is 2.56. The zero-order valence-electron chi connectivity index (χ0n) is 9.08. The molecule has 1 aliphatic heterocycles. The van der Waals surface area contributed by atoms with Gasteiger partial charge in [0.2, 0.25) is 0 Å². The number of hydrogen-bond donors (Lipinski definition) is 1. The highest BCUT2D eigenvalue weighted by Gasteiger charge is 2.24. The van der Waals surface area contributed by atoms with E-state index in [4.69, 9.17) is 10.5 Å². The number of hydrogen-bond acceptors (Lipinski definition) is 2. The van der Waals surface area contributed by atoms with Crippen LogP contribution in [0.1, 0.15) is 51.4 Å².